The van der Waals surface area contributed by atoms with E-state index in [9.17, 15) is 33.1 Å². The Balaban J connectivity index is 2.14. The van der Waals surface area contributed by atoms with Gasteiger partial charge in [0.2, 0.25) is 0 Å². The Morgan fingerprint density at radius 3 is 2.48 bits per heavy atom. The second-order valence-corrected chi connectivity index (χ2v) is 11.0. The summed E-state index contributed by atoms with van der Waals surface area (Å²) in [6.45, 7) is 0.564. The minimum atomic E-state index is -5.70. The van der Waals surface area contributed by atoms with Gasteiger partial charge in [-0.1, -0.05) is 0 Å². The van der Waals surface area contributed by atoms with Gasteiger partial charge in [0.25, 0.3) is 5.56 Å². The summed E-state index contributed by atoms with van der Waals surface area (Å²) in [5.74, 6) is 0. The van der Waals surface area contributed by atoms with E-state index in [1.54, 1.807) is 0 Å². The molecule has 1 aliphatic rings. The number of H-pyrrole nitrogens is 1. The normalized spacial score (nSPS) is 24.7. The zero-order chi connectivity index (χ0) is 25.0. The van der Waals surface area contributed by atoms with Gasteiger partial charge in [0, 0.05) is 18.2 Å². The van der Waals surface area contributed by atoms with Gasteiger partial charge in [-0.3, -0.25) is 18.9 Å². The third-order valence-electron chi connectivity index (χ3n) is 4.00. The average molecular weight is 535 g/mol. The molecule has 1 saturated heterocycles. The molecule has 20 heteroatoms. The second kappa shape index (κ2) is 10.8. The van der Waals surface area contributed by atoms with Gasteiger partial charge in [-0.05, 0) is 6.92 Å². The summed E-state index contributed by atoms with van der Waals surface area (Å²) in [6.07, 6.45) is -1.88. The second-order valence-electron chi connectivity index (χ2n) is 6.55. The lowest BCUT2D eigenvalue weighted by Crippen LogP contribution is -2.33. The van der Waals surface area contributed by atoms with Crippen LogP contribution in [0.5, 0.6) is 0 Å². The smallest absolute Gasteiger partial charge is 0.374 e. The first-order valence-corrected chi connectivity index (χ1v) is 13.4. The van der Waals surface area contributed by atoms with E-state index < -0.39 is 59.8 Å². The van der Waals surface area contributed by atoms with E-state index in [1.165, 1.54) is 13.1 Å². The van der Waals surface area contributed by atoms with Crippen LogP contribution in [0.1, 0.15) is 24.6 Å². The Labute approximate surface area is 184 Å². The highest BCUT2D eigenvalue weighted by Gasteiger charge is 2.43. The van der Waals surface area contributed by atoms with Gasteiger partial charge in [-0.25, -0.2) is 18.5 Å². The number of ether oxygens (including phenoxy) is 2. The molecule has 5 N–H and O–H groups in total. The number of aromatic nitrogens is 2. The van der Waals surface area contributed by atoms with Crippen molar-refractivity contribution in [2.45, 2.75) is 38.2 Å². The van der Waals surface area contributed by atoms with Gasteiger partial charge < -0.3 is 29.0 Å². The Bertz CT molecular complexity index is 1150. The van der Waals surface area contributed by atoms with Crippen molar-refractivity contribution in [3.05, 3.63) is 32.6 Å². The van der Waals surface area contributed by atoms with E-state index >= 15 is 0 Å². The van der Waals surface area contributed by atoms with E-state index in [2.05, 4.69) is 18.1 Å². The SMILES string of the molecule is Cc1cn([C@H]2C[C@H](OCCC#N)[C@@H](COP(=O)(O)OP(=O)(O)OP(=O)(O)O)O2)c(=O)[nH]c1=O. The Hall–Kier alpha value is -1.50. The predicted molar refractivity (Wildman–Crippen MR) is 104 cm³/mol. The molecule has 0 aliphatic carbocycles. The number of nitrogens with one attached hydrogen (secondary N) is 1. The fraction of sp³-hybridized carbons (Fsp3) is 0.615. The van der Waals surface area contributed by atoms with Crippen LogP contribution in [0.4, 0.5) is 0 Å². The third-order valence-corrected chi connectivity index (χ3v) is 7.80. The van der Waals surface area contributed by atoms with Crippen LogP contribution in [0.2, 0.25) is 0 Å². The maximum absolute atomic E-state index is 12.1. The van der Waals surface area contributed by atoms with Gasteiger partial charge in [-0.2, -0.15) is 13.9 Å². The van der Waals surface area contributed by atoms with Crippen LogP contribution >= 0.6 is 23.5 Å². The zero-order valence-electron chi connectivity index (χ0n) is 16.7. The van der Waals surface area contributed by atoms with Crippen molar-refractivity contribution in [3.8, 4) is 6.07 Å². The molecule has 0 bridgehead atoms. The molecule has 1 aromatic heterocycles. The molecule has 2 heterocycles. The summed E-state index contributed by atoms with van der Waals surface area (Å²) < 4.78 is 58.0. The van der Waals surface area contributed by atoms with Gasteiger partial charge in [0.05, 0.1) is 31.8 Å². The maximum atomic E-state index is 12.1. The lowest BCUT2D eigenvalue weighted by Gasteiger charge is -2.21. The standard InChI is InChI=1S/C13H20N3O14P3/c1-8-6-16(13(18)15-12(8)17)11-5-9(26-4-2-3-14)10(28-11)7-27-32(22,23)30-33(24,25)29-31(19,20)21/h6,9-11H,2,4-5,7H2,1H3,(H,22,23)(H,24,25)(H,15,17,18)(H2,19,20,21)/t9-,10+,11+/m0/s1. The topological polar surface area (TPSA) is 257 Å². The number of aryl methyl sites for hydroxylation is 1. The molecule has 0 aromatic carbocycles. The summed E-state index contributed by atoms with van der Waals surface area (Å²) >= 11 is 0. The summed E-state index contributed by atoms with van der Waals surface area (Å²) in [5.41, 5.74) is -1.22. The Morgan fingerprint density at radius 1 is 1.21 bits per heavy atom. The highest BCUT2D eigenvalue weighted by Crippen LogP contribution is 2.66. The third kappa shape index (κ3) is 8.66. The summed E-state index contributed by atoms with van der Waals surface area (Å²) in [5, 5.41) is 8.66. The molecule has 0 spiro atoms. The molecule has 2 rings (SSSR count). The highest BCUT2D eigenvalue weighted by molar-refractivity contribution is 7.66. The molecule has 1 aromatic rings. The molecule has 17 nitrogen and oxygen atoms in total. The largest absolute Gasteiger partial charge is 0.490 e. The number of phosphoric acid groups is 3. The molecular formula is C13H20N3O14P3. The van der Waals surface area contributed by atoms with Gasteiger partial charge in [-0.15, -0.1) is 0 Å². The molecule has 0 amide bonds. The van der Waals surface area contributed by atoms with Crippen LogP contribution in [0.15, 0.2) is 15.8 Å². The molecule has 5 atom stereocenters. The highest BCUT2D eigenvalue weighted by atomic mass is 31.3. The summed E-state index contributed by atoms with van der Waals surface area (Å²) in [6, 6.07) is 1.84. The number of phosphoric ester groups is 1. The van der Waals surface area contributed by atoms with Crippen molar-refractivity contribution in [1.29, 1.82) is 5.26 Å². The quantitative estimate of drug-likeness (QED) is 0.181. The lowest BCUT2D eigenvalue weighted by molar-refractivity contribution is -0.0603. The van der Waals surface area contributed by atoms with Crippen molar-refractivity contribution in [1.82, 2.24) is 9.55 Å². The summed E-state index contributed by atoms with van der Waals surface area (Å²) in [7, 11) is -16.7. The monoisotopic (exact) mass is 535 g/mol. The van der Waals surface area contributed by atoms with Crippen LogP contribution in [-0.4, -0.2) is 54.5 Å². The molecular weight excluding hydrogens is 515 g/mol. The van der Waals surface area contributed by atoms with Crippen LogP contribution in [0, 0.1) is 18.3 Å². The van der Waals surface area contributed by atoms with Crippen LogP contribution in [0.3, 0.4) is 0 Å². The first-order valence-electron chi connectivity index (χ1n) is 8.87. The van der Waals surface area contributed by atoms with Crippen molar-refractivity contribution >= 4 is 23.5 Å². The minimum absolute atomic E-state index is 0.0124. The summed E-state index contributed by atoms with van der Waals surface area (Å²) in [4.78, 5) is 61.7. The minimum Gasteiger partial charge on any atom is -0.374 e. The van der Waals surface area contributed by atoms with E-state index in [4.69, 9.17) is 24.5 Å². The molecule has 0 radical (unpaired) electrons. The molecule has 1 aliphatic heterocycles. The fourth-order valence-corrected chi connectivity index (χ4v) is 5.75. The van der Waals surface area contributed by atoms with Crippen LogP contribution in [0.25, 0.3) is 0 Å². The van der Waals surface area contributed by atoms with E-state index in [0.717, 1.165) is 4.57 Å². The molecule has 2 unspecified atom stereocenters. The Morgan fingerprint density at radius 2 is 1.88 bits per heavy atom. The van der Waals surface area contributed by atoms with Crippen LogP contribution in [-0.2, 0) is 36.3 Å². The van der Waals surface area contributed by atoms with Gasteiger partial charge in [0.1, 0.15) is 12.3 Å². The number of rotatable bonds is 11. The zero-order valence-corrected chi connectivity index (χ0v) is 19.4. The van der Waals surface area contributed by atoms with Gasteiger partial charge in [0.15, 0.2) is 0 Å². The first kappa shape index (κ1) is 27.7. The number of nitrogens with zero attached hydrogens (tertiary/aromatic N) is 2. The first-order chi connectivity index (χ1) is 15.1. The molecule has 1 fully saturated rings. The van der Waals surface area contributed by atoms with E-state index in [0.29, 0.717) is 0 Å². The van der Waals surface area contributed by atoms with Crippen molar-refractivity contribution in [2.24, 2.45) is 0 Å². The van der Waals surface area contributed by atoms with Crippen molar-refractivity contribution in [3.63, 3.8) is 0 Å². The van der Waals surface area contributed by atoms with Crippen molar-refractivity contribution < 1.29 is 55.9 Å². The number of aromatic amines is 1. The number of hydrogen-bond acceptors (Lipinski definition) is 11. The predicted octanol–water partition coefficient (Wildman–Crippen LogP) is -0.225. The average Bonchev–Trinajstić information content (AvgIpc) is 3.03. The number of hydrogen-bond donors (Lipinski definition) is 5. The van der Waals surface area contributed by atoms with E-state index in [-0.39, 0.29) is 25.0 Å². The molecule has 186 valence electrons. The maximum Gasteiger partial charge on any atom is 0.490 e. The fourth-order valence-electron chi connectivity index (χ4n) is 2.72. The van der Waals surface area contributed by atoms with Crippen molar-refractivity contribution in [2.75, 3.05) is 13.2 Å². The van der Waals surface area contributed by atoms with Crippen LogP contribution < -0.4 is 11.2 Å². The molecule has 33 heavy (non-hydrogen) atoms. The Kier molecular flexibility index (Phi) is 9.11. The molecule has 0 saturated carbocycles. The lowest BCUT2D eigenvalue weighted by atomic mass is 10.2. The van der Waals surface area contributed by atoms with E-state index in [1.807, 2.05) is 6.07 Å². The number of nitriles is 1. The van der Waals surface area contributed by atoms with Gasteiger partial charge >= 0.3 is 29.2 Å².